The van der Waals surface area contributed by atoms with Crippen LogP contribution in [0.3, 0.4) is 0 Å². The number of aromatic carboxylic acids is 1. The number of rotatable bonds is 2. The molecular formula is C13H17NO3. The van der Waals surface area contributed by atoms with Gasteiger partial charge in [-0.05, 0) is 32.0 Å². The van der Waals surface area contributed by atoms with Crippen LogP contribution in [0, 0.1) is 0 Å². The predicted octanol–water partition coefficient (Wildman–Crippen LogP) is 2.00. The van der Waals surface area contributed by atoms with Gasteiger partial charge >= 0.3 is 5.97 Å². The number of hydrogen-bond acceptors (Lipinski definition) is 3. The fourth-order valence-corrected chi connectivity index (χ4v) is 2.14. The first-order valence-electron chi connectivity index (χ1n) is 5.69. The Hall–Kier alpha value is -1.55. The topological polar surface area (TPSA) is 49.8 Å². The van der Waals surface area contributed by atoms with Gasteiger partial charge in [-0.15, -0.1) is 0 Å². The minimum atomic E-state index is -0.891. The molecule has 1 aromatic rings. The van der Waals surface area contributed by atoms with Crippen LogP contribution >= 0.6 is 0 Å². The summed E-state index contributed by atoms with van der Waals surface area (Å²) >= 11 is 0. The lowest BCUT2D eigenvalue weighted by Gasteiger charge is -2.43. The normalized spacial score (nSPS) is 19.1. The van der Waals surface area contributed by atoms with E-state index >= 15 is 0 Å². The Kier molecular flexibility index (Phi) is 3.07. The highest BCUT2D eigenvalue weighted by Crippen LogP contribution is 2.27. The molecule has 0 aromatic heterocycles. The second-order valence-corrected chi connectivity index (χ2v) is 4.87. The SMILES string of the molecule is CC1(C)COCCN1c1cccc(C(=O)O)c1. The third-order valence-electron chi connectivity index (χ3n) is 3.05. The van der Waals surface area contributed by atoms with E-state index in [1.165, 1.54) is 0 Å². The molecule has 1 aromatic carbocycles. The van der Waals surface area contributed by atoms with E-state index in [1.54, 1.807) is 18.2 Å². The van der Waals surface area contributed by atoms with Gasteiger partial charge in [0.2, 0.25) is 0 Å². The van der Waals surface area contributed by atoms with Gasteiger partial charge in [-0.1, -0.05) is 6.07 Å². The van der Waals surface area contributed by atoms with Crippen LogP contribution in [-0.2, 0) is 4.74 Å². The highest BCUT2D eigenvalue weighted by molar-refractivity contribution is 5.88. The zero-order chi connectivity index (χ0) is 12.5. The van der Waals surface area contributed by atoms with Gasteiger partial charge in [0.25, 0.3) is 0 Å². The predicted molar refractivity (Wildman–Crippen MR) is 65.6 cm³/mol. The third-order valence-corrected chi connectivity index (χ3v) is 3.05. The van der Waals surface area contributed by atoms with Crippen LogP contribution in [-0.4, -0.2) is 36.4 Å². The molecule has 1 aliphatic heterocycles. The molecule has 4 heteroatoms. The second kappa shape index (κ2) is 4.37. The molecule has 1 N–H and O–H groups in total. The van der Waals surface area contributed by atoms with Crippen molar-refractivity contribution in [2.75, 3.05) is 24.7 Å². The Bertz CT molecular complexity index is 428. The number of carbonyl (C=O) groups is 1. The van der Waals surface area contributed by atoms with Crippen molar-refractivity contribution in [1.82, 2.24) is 0 Å². The summed E-state index contributed by atoms with van der Waals surface area (Å²) in [4.78, 5) is 13.2. The fraction of sp³-hybridized carbons (Fsp3) is 0.462. The minimum Gasteiger partial charge on any atom is -0.478 e. The highest BCUT2D eigenvalue weighted by Gasteiger charge is 2.30. The van der Waals surface area contributed by atoms with Gasteiger partial charge in [-0.25, -0.2) is 4.79 Å². The second-order valence-electron chi connectivity index (χ2n) is 4.87. The Balaban J connectivity index is 2.32. The zero-order valence-corrected chi connectivity index (χ0v) is 10.1. The van der Waals surface area contributed by atoms with Gasteiger partial charge in [-0.2, -0.15) is 0 Å². The van der Waals surface area contributed by atoms with E-state index in [9.17, 15) is 4.79 Å². The monoisotopic (exact) mass is 235 g/mol. The average Bonchev–Trinajstić information content (AvgIpc) is 2.28. The van der Waals surface area contributed by atoms with E-state index in [2.05, 4.69) is 18.7 Å². The molecule has 0 spiro atoms. The third kappa shape index (κ3) is 2.42. The molecule has 0 radical (unpaired) electrons. The number of carboxylic acids is 1. The molecular weight excluding hydrogens is 218 g/mol. The summed E-state index contributed by atoms with van der Waals surface area (Å²) in [6.45, 7) is 6.32. The first-order valence-corrected chi connectivity index (χ1v) is 5.69. The molecule has 0 amide bonds. The van der Waals surface area contributed by atoms with Gasteiger partial charge in [0, 0.05) is 12.2 Å². The Morgan fingerprint density at radius 3 is 2.88 bits per heavy atom. The van der Waals surface area contributed by atoms with Gasteiger partial charge in [0.05, 0.1) is 24.3 Å². The maximum atomic E-state index is 11.0. The Morgan fingerprint density at radius 2 is 2.24 bits per heavy atom. The number of hydrogen-bond donors (Lipinski definition) is 1. The number of carboxylic acid groups (broad SMARTS) is 1. The van der Waals surface area contributed by atoms with Crippen molar-refractivity contribution in [2.45, 2.75) is 19.4 Å². The first kappa shape index (κ1) is 11.9. The van der Waals surface area contributed by atoms with E-state index in [1.807, 2.05) is 6.07 Å². The summed E-state index contributed by atoms with van der Waals surface area (Å²) in [5, 5.41) is 8.99. The largest absolute Gasteiger partial charge is 0.478 e. The van der Waals surface area contributed by atoms with Gasteiger partial charge < -0.3 is 14.7 Å². The number of nitrogens with zero attached hydrogens (tertiary/aromatic N) is 1. The molecule has 2 rings (SSSR count). The molecule has 0 atom stereocenters. The van der Waals surface area contributed by atoms with Crippen molar-refractivity contribution in [2.24, 2.45) is 0 Å². The van der Waals surface area contributed by atoms with Gasteiger partial charge in [-0.3, -0.25) is 0 Å². The summed E-state index contributed by atoms with van der Waals surface area (Å²) in [7, 11) is 0. The number of benzene rings is 1. The van der Waals surface area contributed by atoms with E-state index in [0.717, 1.165) is 12.2 Å². The lowest BCUT2D eigenvalue weighted by molar-refractivity contribution is 0.0643. The molecule has 1 aliphatic rings. The fourth-order valence-electron chi connectivity index (χ4n) is 2.14. The summed E-state index contributed by atoms with van der Waals surface area (Å²) in [6, 6.07) is 7.05. The Morgan fingerprint density at radius 1 is 1.47 bits per heavy atom. The van der Waals surface area contributed by atoms with Crippen molar-refractivity contribution in [3.8, 4) is 0 Å². The van der Waals surface area contributed by atoms with Crippen LogP contribution in [0.25, 0.3) is 0 Å². The summed E-state index contributed by atoms with van der Waals surface area (Å²) in [5.41, 5.74) is 1.16. The lowest BCUT2D eigenvalue weighted by atomic mass is 10.0. The van der Waals surface area contributed by atoms with E-state index < -0.39 is 5.97 Å². The molecule has 1 heterocycles. The average molecular weight is 235 g/mol. The maximum Gasteiger partial charge on any atom is 0.335 e. The van der Waals surface area contributed by atoms with Crippen LogP contribution in [0.1, 0.15) is 24.2 Å². The van der Waals surface area contributed by atoms with Gasteiger partial charge in [0.1, 0.15) is 0 Å². The zero-order valence-electron chi connectivity index (χ0n) is 10.1. The summed E-state index contributed by atoms with van der Waals surface area (Å²) < 4.78 is 5.46. The molecule has 0 unspecified atom stereocenters. The van der Waals surface area contributed by atoms with Gasteiger partial charge in [0.15, 0.2) is 0 Å². The number of ether oxygens (including phenoxy) is 1. The van der Waals surface area contributed by atoms with E-state index in [4.69, 9.17) is 9.84 Å². The van der Waals surface area contributed by atoms with Crippen molar-refractivity contribution in [3.63, 3.8) is 0 Å². The summed E-state index contributed by atoms with van der Waals surface area (Å²) in [5.74, 6) is -0.891. The molecule has 0 bridgehead atoms. The standard InChI is InChI=1S/C13H17NO3/c1-13(2)9-17-7-6-14(13)11-5-3-4-10(8-11)12(15)16/h3-5,8H,6-7,9H2,1-2H3,(H,15,16). The van der Waals surface area contributed by atoms with E-state index in [-0.39, 0.29) is 5.54 Å². The van der Waals surface area contributed by atoms with Crippen molar-refractivity contribution >= 4 is 11.7 Å². The van der Waals surface area contributed by atoms with Crippen LogP contribution in [0.15, 0.2) is 24.3 Å². The molecule has 1 saturated heterocycles. The van der Waals surface area contributed by atoms with Crippen molar-refractivity contribution in [1.29, 1.82) is 0 Å². The van der Waals surface area contributed by atoms with Crippen LogP contribution < -0.4 is 4.90 Å². The molecule has 0 saturated carbocycles. The maximum absolute atomic E-state index is 11.0. The number of morpholine rings is 1. The molecule has 17 heavy (non-hydrogen) atoms. The molecule has 4 nitrogen and oxygen atoms in total. The summed E-state index contributed by atoms with van der Waals surface area (Å²) in [6.07, 6.45) is 0. The molecule has 1 fully saturated rings. The van der Waals surface area contributed by atoms with Crippen LogP contribution in [0.2, 0.25) is 0 Å². The lowest BCUT2D eigenvalue weighted by Crippen LogP contribution is -2.53. The molecule has 92 valence electrons. The first-order chi connectivity index (χ1) is 8.00. The van der Waals surface area contributed by atoms with E-state index in [0.29, 0.717) is 18.8 Å². The minimum absolute atomic E-state index is 0.102. The highest BCUT2D eigenvalue weighted by atomic mass is 16.5. The van der Waals surface area contributed by atoms with Crippen molar-refractivity contribution < 1.29 is 14.6 Å². The Labute approximate surface area is 101 Å². The number of anilines is 1. The quantitative estimate of drug-likeness (QED) is 0.851. The van der Waals surface area contributed by atoms with Crippen molar-refractivity contribution in [3.05, 3.63) is 29.8 Å². The van der Waals surface area contributed by atoms with Crippen LogP contribution in [0.5, 0.6) is 0 Å². The smallest absolute Gasteiger partial charge is 0.335 e. The van der Waals surface area contributed by atoms with Crippen LogP contribution in [0.4, 0.5) is 5.69 Å². The molecule has 0 aliphatic carbocycles.